The van der Waals surface area contributed by atoms with Gasteiger partial charge in [0.1, 0.15) is 0 Å². The van der Waals surface area contributed by atoms with E-state index < -0.39 is 5.60 Å². The summed E-state index contributed by atoms with van der Waals surface area (Å²) in [5.41, 5.74) is -1.09. The Morgan fingerprint density at radius 2 is 2.00 bits per heavy atom. The summed E-state index contributed by atoms with van der Waals surface area (Å²) < 4.78 is 0. The van der Waals surface area contributed by atoms with Crippen LogP contribution in [0.2, 0.25) is 0 Å². The lowest BCUT2D eigenvalue weighted by Crippen LogP contribution is -2.43. The Balaban J connectivity index is 2.07. The molecule has 1 rings (SSSR count). The molecule has 0 aromatic heterocycles. The summed E-state index contributed by atoms with van der Waals surface area (Å²) in [5, 5.41) is 31.1. The van der Waals surface area contributed by atoms with E-state index in [1.54, 1.807) is 6.92 Å². The number of aliphatic hydroxyl groups excluding tert-OH is 2. The Morgan fingerprint density at radius 3 is 2.56 bits per heavy atom. The zero-order valence-electron chi connectivity index (χ0n) is 10.2. The molecule has 2 atom stereocenters. The maximum absolute atomic E-state index is 9.77. The van der Waals surface area contributed by atoms with E-state index in [0.717, 1.165) is 6.42 Å². The van der Waals surface area contributed by atoms with E-state index in [0.29, 0.717) is 19.0 Å². The summed E-state index contributed by atoms with van der Waals surface area (Å²) in [6, 6.07) is 0. The van der Waals surface area contributed by atoms with Crippen molar-refractivity contribution in [3.05, 3.63) is 0 Å². The van der Waals surface area contributed by atoms with Crippen LogP contribution in [0.4, 0.5) is 0 Å². The first-order valence-electron chi connectivity index (χ1n) is 6.25. The van der Waals surface area contributed by atoms with Gasteiger partial charge in [0.05, 0.1) is 18.3 Å². The maximum Gasteiger partial charge on any atom is 0.0972 e. The summed E-state index contributed by atoms with van der Waals surface area (Å²) in [4.78, 5) is 0. The van der Waals surface area contributed by atoms with Gasteiger partial charge in [-0.3, -0.25) is 0 Å². The van der Waals surface area contributed by atoms with Crippen LogP contribution >= 0.6 is 0 Å². The first kappa shape index (κ1) is 13.9. The molecule has 0 aromatic rings. The van der Waals surface area contributed by atoms with Gasteiger partial charge in [0.15, 0.2) is 0 Å². The fraction of sp³-hybridized carbons (Fsp3) is 1.00. The summed E-state index contributed by atoms with van der Waals surface area (Å²) >= 11 is 0. The highest BCUT2D eigenvalue weighted by Gasteiger charge is 2.21. The van der Waals surface area contributed by atoms with E-state index >= 15 is 0 Å². The third kappa shape index (κ3) is 5.25. The van der Waals surface area contributed by atoms with E-state index in [1.165, 1.54) is 25.7 Å². The molecular formula is C12H25NO3. The first-order chi connectivity index (χ1) is 7.53. The van der Waals surface area contributed by atoms with Crippen molar-refractivity contribution in [2.45, 2.75) is 50.7 Å². The Hall–Kier alpha value is -0.160. The average Bonchev–Trinajstić information content (AvgIpc) is 2.70. The van der Waals surface area contributed by atoms with Crippen molar-refractivity contribution < 1.29 is 15.3 Å². The highest BCUT2D eigenvalue weighted by atomic mass is 16.3. The molecular weight excluding hydrogens is 206 g/mol. The highest BCUT2D eigenvalue weighted by Crippen LogP contribution is 2.28. The minimum atomic E-state index is -1.09. The third-order valence-corrected chi connectivity index (χ3v) is 3.31. The molecule has 0 radical (unpaired) electrons. The minimum absolute atomic E-state index is 0.265. The SMILES string of the molecule is CC(O)(CO)CNCC(O)CC1CCCC1. The third-order valence-electron chi connectivity index (χ3n) is 3.31. The number of hydrogen-bond acceptors (Lipinski definition) is 4. The quantitative estimate of drug-likeness (QED) is 0.507. The van der Waals surface area contributed by atoms with Gasteiger partial charge in [0.25, 0.3) is 0 Å². The molecule has 0 aliphatic heterocycles. The molecule has 4 N–H and O–H groups in total. The normalized spacial score (nSPS) is 23.2. The van der Waals surface area contributed by atoms with Crippen LogP contribution < -0.4 is 5.32 Å². The smallest absolute Gasteiger partial charge is 0.0972 e. The second-order valence-electron chi connectivity index (χ2n) is 5.33. The van der Waals surface area contributed by atoms with Gasteiger partial charge in [0.2, 0.25) is 0 Å². The van der Waals surface area contributed by atoms with E-state index in [4.69, 9.17) is 5.11 Å². The van der Waals surface area contributed by atoms with Crippen LogP contribution in [0.1, 0.15) is 39.0 Å². The van der Waals surface area contributed by atoms with E-state index in [1.807, 2.05) is 0 Å². The molecule has 16 heavy (non-hydrogen) atoms. The monoisotopic (exact) mass is 231 g/mol. The fourth-order valence-corrected chi connectivity index (χ4v) is 2.28. The summed E-state index contributed by atoms with van der Waals surface area (Å²) in [7, 11) is 0. The van der Waals surface area contributed by atoms with Crippen LogP contribution in [0.15, 0.2) is 0 Å². The van der Waals surface area contributed by atoms with Crippen molar-refractivity contribution >= 4 is 0 Å². The van der Waals surface area contributed by atoms with Gasteiger partial charge in [-0.15, -0.1) is 0 Å². The molecule has 96 valence electrons. The van der Waals surface area contributed by atoms with Crippen molar-refractivity contribution in [1.29, 1.82) is 0 Å². The molecule has 4 heteroatoms. The van der Waals surface area contributed by atoms with Crippen LogP contribution in [0.3, 0.4) is 0 Å². The Labute approximate surface area is 97.7 Å². The minimum Gasteiger partial charge on any atom is -0.393 e. The van der Waals surface area contributed by atoms with E-state index in [-0.39, 0.29) is 12.7 Å². The van der Waals surface area contributed by atoms with Crippen molar-refractivity contribution in [3.63, 3.8) is 0 Å². The largest absolute Gasteiger partial charge is 0.393 e. The van der Waals surface area contributed by atoms with Gasteiger partial charge in [-0.1, -0.05) is 25.7 Å². The molecule has 2 unspecified atom stereocenters. The second kappa shape index (κ2) is 6.55. The summed E-state index contributed by atoms with van der Waals surface area (Å²) in [6.45, 7) is 2.11. The fourth-order valence-electron chi connectivity index (χ4n) is 2.28. The van der Waals surface area contributed by atoms with E-state index in [2.05, 4.69) is 5.32 Å². The van der Waals surface area contributed by atoms with Crippen LogP contribution in [0.5, 0.6) is 0 Å². The van der Waals surface area contributed by atoms with E-state index in [9.17, 15) is 10.2 Å². The Morgan fingerprint density at radius 1 is 1.38 bits per heavy atom. The maximum atomic E-state index is 9.77. The molecule has 0 amide bonds. The zero-order chi connectivity index (χ0) is 12.0. The second-order valence-corrected chi connectivity index (χ2v) is 5.33. The molecule has 1 saturated carbocycles. The van der Waals surface area contributed by atoms with Gasteiger partial charge in [0, 0.05) is 13.1 Å². The number of nitrogens with one attached hydrogen (secondary N) is 1. The van der Waals surface area contributed by atoms with Crippen molar-refractivity contribution in [2.24, 2.45) is 5.92 Å². The lowest BCUT2D eigenvalue weighted by molar-refractivity contribution is 0.000313. The van der Waals surface area contributed by atoms with Crippen LogP contribution in [0.25, 0.3) is 0 Å². The lowest BCUT2D eigenvalue weighted by Gasteiger charge is -2.22. The number of aliphatic hydroxyl groups is 3. The van der Waals surface area contributed by atoms with Gasteiger partial charge < -0.3 is 20.6 Å². The van der Waals surface area contributed by atoms with Crippen molar-refractivity contribution in [3.8, 4) is 0 Å². The van der Waals surface area contributed by atoms with Crippen LogP contribution in [-0.2, 0) is 0 Å². The molecule has 1 aliphatic carbocycles. The topological polar surface area (TPSA) is 72.7 Å². The molecule has 1 aliphatic rings. The number of hydrogen-bond donors (Lipinski definition) is 4. The predicted molar refractivity (Wildman–Crippen MR) is 63.2 cm³/mol. The molecule has 1 fully saturated rings. The van der Waals surface area contributed by atoms with Crippen molar-refractivity contribution in [2.75, 3.05) is 19.7 Å². The lowest BCUT2D eigenvalue weighted by atomic mass is 10.00. The molecule has 0 spiro atoms. The van der Waals surface area contributed by atoms with Gasteiger partial charge in [-0.2, -0.15) is 0 Å². The van der Waals surface area contributed by atoms with Crippen LogP contribution in [-0.4, -0.2) is 46.7 Å². The molecule has 0 heterocycles. The van der Waals surface area contributed by atoms with Gasteiger partial charge >= 0.3 is 0 Å². The van der Waals surface area contributed by atoms with Gasteiger partial charge in [-0.05, 0) is 19.3 Å². The van der Waals surface area contributed by atoms with Crippen molar-refractivity contribution in [1.82, 2.24) is 5.32 Å². The molecule has 0 saturated heterocycles. The first-order valence-corrected chi connectivity index (χ1v) is 6.25. The van der Waals surface area contributed by atoms with Gasteiger partial charge in [-0.25, -0.2) is 0 Å². The number of rotatable bonds is 7. The Kier molecular flexibility index (Phi) is 5.69. The summed E-state index contributed by atoms with van der Waals surface area (Å²) in [5.74, 6) is 0.676. The molecule has 0 aromatic carbocycles. The predicted octanol–water partition coefficient (Wildman–Crippen LogP) is 0.260. The highest BCUT2D eigenvalue weighted by molar-refractivity contribution is 4.76. The molecule has 0 bridgehead atoms. The van der Waals surface area contributed by atoms with Crippen LogP contribution in [0, 0.1) is 5.92 Å². The standard InChI is InChI=1S/C12H25NO3/c1-12(16,9-14)8-13-7-11(15)6-10-4-2-3-5-10/h10-11,13-16H,2-9H2,1H3. The summed E-state index contributed by atoms with van der Waals surface area (Å²) in [6.07, 6.45) is 5.59. The molecule has 4 nitrogen and oxygen atoms in total. The zero-order valence-corrected chi connectivity index (χ0v) is 10.2. The Bertz CT molecular complexity index is 191. The average molecular weight is 231 g/mol.